The number of hydrogen-bond donors (Lipinski definition) is 3. The third-order valence-electron chi connectivity index (χ3n) is 0. The first-order chi connectivity index (χ1) is 1.73. The molecule has 0 rings (SSSR count). The fraction of sp³-hybridized carbons (Fsp3) is 0. The van der Waals surface area contributed by atoms with Gasteiger partial charge >= 0.3 is 60.8 Å². The first kappa shape index (κ1) is 15.7. The number of hydrogen-bond acceptors (Lipinski definition) is 3. The quantitative estimate of drug-likeness (QED) is 0.307. The molecule has 0 aliphatic heterocycles. The molecule has 0 aromatic carbocycles. The van der Waals surface area contributed by atoms with Gasteiger partial charge in [0.05, 0.1) is 0 Å². The van der Waals surface area contributed by atoms with E-state index in [-0.39, 0.29) is 53.5 Å². The molecule has 0 amide bonds. The average molecular weight is 483 g/mol. The van der Waals surface area contributed by atoms with E-state index in [2.05, 4.69) is 0 Å². The predicted octanol–water partition coefficient (Wildman–Crippen LogP) is -4.15. The Hall–Kier alpha value is 1.75. The average Bonchev–Trinajstić information content (AvgIpc) is 0.811. The Balaban J connectivity index is -0.0000000450. The zero-order chi connectivity index (χ0) is 3.58. The van der Waals surface area contributed by atoms with Crippen LogP contribution in [0.2, 0.25) is 0 Å². The van der Waals surface area contributed by atoms with Gasteiger partial charge in [0.1, 0.15) is 0 Å². The minimum absolute atomic E-state index is 0. The van der Waals surface area contributed by atoms with Crippen LogP contribution in [0.5, 0.6) is 0 Å². The summed E-state index contributed by atoms with van der Waals surface area (Å²) in [7, 11) is -2.17. The summed E-state index contributed by atoms with van der Waals surface area (Å²) in [6.45, 7) is 0. The Morgan fingerprint density at radius 3 is 1.00 bits per heavy atom. The molecule has 0 atom stereocenters. The standard InChI is InChI=1S/BH3O3.Bi.Pb.5H/c2-1(3)4;;;;;;;/h2-4H;;;;;;;. The van der Waals surface area contributed by atoms with Crippen LogP contribution in [0.15, 0.2) is 0 Å². The van der Waals surface area contributed by atoms with Crippen LogP contribution in [0.25, 0.3) is 0 Å². The molecule has 6 heavy (non-hydrogen) atoms. The maximum absolute atomic E-state index is 7.17. The van der Waals surface area contributed by atoms with E-state index in [9.17, 15) is 0 Å². The summed E-state index contributed by atoms with van der Waals surface area (Å²) in [4.78, 5) is 0. The van der Waals surface area contributed by atoms with E-state index in [1.165, 1.54) is 0 Å². The summed E-state index contributed by atoms with van der Waals surface area (Å²) in [6.07, 6.45) is 0. The Labute approximate surface area is 75.2 Å². The Bertz CT molecular complexity index is 15.5. The molecule has 0 saturated carbocycles. The van der Waals surface area contributed by atoms with Crippen LogP contribution < -0.4 is 0 Å². The van der Waals surface area contributed by atoms with Crippen molar-refractivity contribution in [1.29, 1.82) is 0 Å². The molecule has 0 aromatic heterocycles. The first-order valence-corrected chi connectivity index (χ1v) is 0.775. The molecule has 3 nitrogen and oxygen atoms in total. The molecule has 0 aliphatic rings. The first-order valence-electron chi connectivity index (χ1n) is 0.775. The monoisotopic (exact) mass is 484 g/mol. The normalized spacial score (nSPS) is 4.50. The molecule has 0 aliphatic carbocycles. The second kappa shape index (κ2) is 9.89. The second-order valence-corrected chi connectivity index (χ2v) is 0.346. The van der Waals surface area contributed by atoms with Gasteiger partial charge in [-0.1, -0.05) is 0 Å². The molecule has 0 spiro atoms. The fourth-order valence-corrected chi connectivity index (χ4v) is 0. The van der Waals surface area contributed by atoms with Crippen LogP contribution in [0.3, 0.4) is 0 Å². The van der Waals surface area contributed by atoms with Gasteiger partial charge < -0.3 is 15.1 Å². The van der Waals surface area contributed by atoms with Gasteiger partial charge in [0, 0.05) is 0 Å². The van der Waals surface area contributed by atoms with Crippen LogP contribution in [-0.4, -0.2) is 75.9 Å². The minimum atomic E-state index is -2.17. The zero-order valence-electron chi connectivity index (χ0n) is 3.33. The van der Waals surface area contributed by atoms with Gasteiger partial charge in [0.15, 0.2) is 0 Å². The van der Waals surface area contributed by atoms with Crippen molar-refractivity contribution in [2.45, 2.75) is 0 Å². The van der Waals surface area contributed by atoms with Gasteiger partial charge in [0.25, 0.3) is 0 Å². The zero-order valence-corrected chi connectivity index (χ0v) is 14.3. The summed E-state index contributed by atoms with van der Waals surface area (Å²) >= 11 is 0. The third-order valence-corrected chi connectivity index (χ3v) is 0. The Kier molecular flexibility index (Phi) is 25.8. The summed E-state index contributed by atoms with van der Waals surface area (Å²) in [6, 6.07) is 0. The van der Waals surface area contributed by atoms with Crippen molar-refractivity contribution < 1.29 is 15.1 Å². The van der Waals surface area contributed by atoms with Crippen molar-refractivity contribution in [2.75, 3.05) is 0 Å². The van der Waals surface area contributed by atoms with E-state index >= 15 is 0 Å². The number of rotatable bonds is 0. The molecular formula is H8BBiO3Pb. The molecule has 3 N–H and O–H groups in total. The van der Waals surface area contributed by atoms with Crippen LogP contribution >= 0.6 is 0 Å². The van der Waals surface area contributed by atoms with E-state index in [1.807, 2.05) is 0 Å². The van der Waals surface area contributed by atoms with Crippen molar-refractivity contribution in [3.8, 4) is 0 Å². The van der Waals surface area contributed by atoms with Crippen molar-refractivity contribution in [1.82, 2.24) is 0 Å². The molecule has 0 heterocycles. The van der Waals surface area contributed by atoms with Crippen molar-refractivity contribution in [3.63, 3.8) is 0 Å². The van der Waals surface area contributed by atoms with E-state index < -0.39 is 7.32 Å². The molecule has 38 valence electrons. The van der Waals surface area contributed by atoms with Gasteiger partial charge in [-0.25, -0.2) is 0 Å². The van der Waals surface area contributed by atoms with E-state index in [1.54, 1.807) is 0 Å². The molecule has 0 unspecified atom stereocenters. The van der Waals surface area contributed by atoms with Crippen LogP contribution in [-0.2, 0) is 0 Å². The Morgan fingerprint density at radius 2 is 1.00 bits per heavy atom. The molecule has 0 bridgehead atoms. The van der Waals surface area contributed by atoms with Crippen molar-refractivity contribution >= 4 is 60.8 Å². The van der Waals surface area contributed by atoms with Gasteiger partial charge in [-0.3, -0.25) is 0 Å². The van der Waals surface area contributed by atoms with Crippen molar-refractivity contribution in [2.24, 2.45) is 0 Å². The topological polar surface area (TPSA) is 60.7 Å². The SMILES string of the molecule is OB(O)O.[BiH3].[PbH2]. The van der Waals surface area contributed by atoms with Crippen molar-refractivity contribution in [3.05, 3.63) is 0 Å². The van der Waals surface area contributed by atoms with Crippen LogP contribution in [0.1, 0.15) is 0 Å². The van der Waals surface area contributed by atoms with Crippen LogP contribution in [0, 0.1) is 0 Å². The summed E-state index contributed by atoms with van der Waals surface area (Å²) in [5.74, 6) is 0. The van der Waals surface area contributed by atoms with Crippen LogP contribution in [0.4, 0.5) is 0 Å². The van der Waals surface area contributed by atoms with Gasteiger partial charge in [0.2, 0.25) is 0 Å². The summed E-state index contributed by atoms with van der Waals surface area (Å²) in [5, 5.41) is 21.5. The van der Waals surface area contributed by atoms with E-state index in [0.29, 0.717) is 0 Å². The molecule has 0 aromatic rings. The molecule has 2 radical (unpaired) electrons. The Morgan fingerprint density at radius 1 is 1.00 bits per heavy atom. The third kappa shape index (κ3) is 42.4. The fourth-order valence-electron chi connectivity index (χ4n) is 0. The summed E-state index contributed by atoms with van der Waals surface area (Å²) < 4.78 is 0. The maximum atomic E-state index is 7.17. The molecular weight excluding hydrogens is 475 g/mol. The predicted molar refractivity (Wildman–Crippen MR) is 30.9 cm³/mol. The van der Waals surface area contributed by atoms with Gasteiger partial charge in [-0.15, -0.1) is 0 Å². The summed E-state index contributed by atoms with van der Waals surface area (Å²) in [5.41, 5.74) is 0. The van der Waals surface area contributed by atoms with Gasteiger partial charge in [-0.2, -0.15) is 0 Å². The second-order valence-electron chi connectivity index (χ2n) is 0.346. The van der Waals surface area contributed by atoms with E-state index in [0.717, 1.165) is 0 Å². The van der Waals surface area contributed by atoms with Gasteiger partial charge in [-0.05, 0) is 0 Å². The molecule has 0 saturated heterocycles. The molecule has 0 fully saturated rings. The molecule has 6 heteroatoms. The van der Waals surface area contributed by atoms with E-state index in [4.69, 9.17) is 15.1 Å².